The van der Waals surface area contributed by atoms with Crippen molar-refractivity contribution in [2.24, 2.45) is 0 Å². The summed E-state index contributed by atoms with van der Waals surface area (Å²) in [7, 11) is 0. The molecular formula is C25H21Cl2FN2O2S. The summed E-state index contributed by atoms with van der Waals surface area (Å²) in [6.07, 6.45) is 0.805. The number of halogens is 3. The van der Waals surface area contributed by atoms with E-state index in [1.807, 2.05) is 6.92 Å². The van der Waals surface area contributed by atoms with E-state index in [2.05, 4.69) is 5.32 Å². The molecule has 3 N–H and O–H groups in total. The third-order valence-electron chi connectivity index (χ3n) is 5.73. The molecule has 0 amide bonds. The lowest BCUT2D eigenvalue weighted by Gasteiger charge is -2.30. The highest BCUT2D eigenvalue weighted by molar-refractivity contribution is 7.19. The Bertz CT molecular complexity index is 1320. The minimum absolute atomic E-state index is 0.0961. The van der Waals surface area contributed by atoms with Crippen LogP contribution in [0.2, 0.25) is 10.0 Å². The number of nitrogens with one attached hydrogen (secondary N) is 1. The molecule has 170 valence electrons. The summed E-state index contributed by atoms with van der Waals surface area (Å²) in [4.78, 5) is 26.7. The van der Waals surface area contributed by atoms with Gasteiger partial charge in [-0.25, -0.2) is 4.39 Å². The number of fused-ring (bicyclic) bond motifs is 1. The quantitative estimate of drug-likeness (QED) is 0.349. The number of hydrogen-bond donors (Lipinski definition) is 2. The Balaban J connectivity index is 1.93. The second kappa shape index (κ2) is 9.29. The number of anilines is 2. The van der Waals surface area contributed by atoms with Gasteiger partial charge in [0.25, 0.3) is 0 Å². The van der Waals surface area contributed by atoms with Gasteiger partial charge in [0.05, 0.1) is 20.7 Å². The summed E-state index contributed by atoms with van der Waals surface area (Å²) in [5.74, 6) is -1.56. The zero-order valence-electron chi connectivity index (χ0n) is 18.0. The number of Topliss-reactive ketones (excluding diaryl/α,β-unsaturated/α-hetero) is 1. The smallest absolute Gasteiger partial charge is 0.205 e. The maximum Gasteiger partial charge on any atom is 0.205 e. The Morgan fingerprint density at radius 1 is 1.12 bits per heavy atom. The van der Waals surface area contributed by atoms with Gasteiger partial charge < -0.3 is 11.1 Å². The molecule has 0 saturated heterocycles. The third-order valence-corrected chi connectivity index (χ3v) is 7.60. The topological polar surface area (TPSA) is 72.2 Å². The van der Waals surface area contributed by atoms with Gasteiger partial charge in [0, 0.05) is 40.3 Å². The SMILES string of the molecule is CCC(=O)C1=C(CC)Nc2sc(C(=O)c3ccc(Cl)c(Cl)c3)c(N)c2C1c1ccccc1F. The van der Waals surface area contributed by atoms with Crippen LogP contribution in [0.5, 0.6) is 0 Å². The zero-order chi connectivity index (χ0) is 23.9. The number of hydrogen-bond acceptors (Lipinski definition) is 5. The van der Waals surface area contributed by atoms with Crippen molar-refractivity contribution in [1.29, 1.82) is 0 Å². The molecule has 0 bridgehead atoms. The van der Waals surface area contributed by atoms with Crippen LogP contribution in [0.3, 0.4) is 0 Å². The first-order valence-corrected chi connectivity index (χ1v) is 12.0. The van der Waals surface area contributed by atoms with Gasteiger partial charge >= 0.3 is 0 Å². The number of carbonyl (C=O) groups is 2. The molecule has 3 aromatic rings. The van der Waals surface area contributed by atoms with E-state index >= 15 is 0 Å². The summed E-state index contributed by atoms with van der Waals surface area (Å²) < 4.78 is 15.0. The maximum absolute atomic E-state index is 15.0. The molecular weight excluding hydrogens is 482 g/mol. The van der Waals surface area contributed by atoms with E-state index in [9.17, 15) is 14.0 Å². The van der Waals surface area contributed by atoms with Crippen LogP contribution in [0.1, 0.15) is 59.0 Å². The molecule has 8 heteroatoms. The minimum atomic E-state index is -0.712. The summed E-state index contributed by atoms with van der Waals surface area (Å²) in [5.41, 5.74) is 9.18. The van der Waals surface area contributed by atoms with Crippen LogP contribution in [-0.4, -0.2) is 11.6 Å². The summed E-state index contributed by atoms with van der Waals surface area (Å²) in [6, 6.07) is 11.0. The standard InChI is InChI=1S/C25H21Cl2FN2O2S/c1-3-17-20(18(31)4-2)19(13-7-5-6-8-16(13)28)21-22(29)24(33-25(21)30-17)23(32)12-9-10-14(26)15(27)11-12/h5-11,19,30H,3-4,29H2,1-2H3. The maximum atomic E-state index is 15.0. The van der Waals surface area contributed by atoms with Gasteiger partial charge in [0.15, 0.2) is 5.78 Å². The van der Waals surface area contributed by atoms with E-state index in [1.165, 1.54) is 23.5 Å². The second-order valence-electron chi connectivity index (χ2n) is 7.65. The van der Waals surface area contributed by atoms with Crippen LogP contribution in [0, 0.1) is 5.82 Å². The van der Waals surface area contributed by atoms with Gasteiger partial charge in [-0.05, 0) is 30.7 Å². The molecule has 0 fully saturated rings. The Morgan fingerprint density at radius 3 is 2.48 bits per heavy atom. The van der Waals surface area contributed by atoms with Crippen molar-refractivity contribution in [3.8, 4) is 0 Å². The Hall–Kier alpha value is -2.67. The van der Waals surface area contributed by atoms with Crippen molar-refractivity contribution < 1.29 is 14.0 Å². The fourth-order valence-corrected chi connectivity index (χ4v) is 5.56. The highest BCUT2D eigenvalue weighted by Gasteiger charge is 2.38. The number of rotatable bonds is 6. The van der Waals surface area contributed by atoms with Gasteiger partial charge in [0.1, 0.15) is 10.7 Å². The molecule has 1 atom stereocenters. The average Bonchev–Trinajstić information content (AvgIpc) is 3.15. The molecule has 0 spiro atoms. The fourth-order valence-electron chi connectivity index (χ4n) is 4.11. The minimum Gasteiger partial charge on any atom is -0.397 e. The molecule has 2 heterocycles. The van der Waals surface area contributed by atoms with Crippen molar-refractivity contribution in [1.82, 2.24) is 0 Å². The van der Waals surface area contributed by atoms with Crippen molar-refractivity contribution in [3.05, 3.63) is 91.2 Å². The highest BCUT2D eigenvalue weighted by Crippen LogP contribution is 2.51. The summed E-state index contributed by atoms with van der Waals surface area (Å²) in [6.45, 7) is 3.69. The molecule has 0 saturated carbocycles. The number of nitrogen functional groups attached to an aromatic ring is 1. The zero-order valence-corrected chi connectivity index (χ0v) is 20.3. The largest absolute Gasteiger partial charge is 0.397 e. The van der Waals surface area contributed by atoms with Crippen molar-refractivity contribution in [2.75, 3.05) is 11.1 Å². The number of thiophene rings is 1. The average molecular weight is 503 g/mol. The van der Waals surface area contributed by atoms with Crippen molar-refractivity contribution in [2.45, 2.75) is 32.6 Å². The van der Waals surface area contributed by atoms with E-state index in [1.54, 1.807) is 37.3 Å². The first kappa shape index (κ1) is 23.5. The van der Waals surface area contributed by atoms with Gasteiger partial charge in [-0.1, -0.05) is 55.2 Å². The first-order valence-electron chi connectivity index (χ1n) is 10.5. The molecule has 4 nitrogen and oxygen atoms in total. The van der Waals surface area contributed by atoms with Crippen LogP contribution in [0.25, 0.3) is 0 Å². The third kappa shape index (κ3) is 4.07. The summed E-state index contributed by atoms with van der Waals surface area (Å²) in [5, 5.41) is 4.53. The van der Waals surface area contributed by atoms with E-state index in [-0.39, 0.29) is 28.7 Å². The Morgan fingerprint density at radius 2 is 1.85 bits per heavy atom. The van der Waals surface area contributed by atoms with Crippen LogP contribution in [0.4, 0.5) is 15.1 Å². The predicted octanol–water partition coefficient (Wildman–Crippen LogP) is 7.21. The number of nitrogens with two attached hydrogens (primary N) is 1. The van der Waals surface area contributed by atoms with Crippen LogP contribution in [0.15, 0.2) is 53.7 Å². The fraction of sp³-hybridized carbons (Fsp3) is 0.200. The van der Waals surface area contributed by atoms with E-state index in [0.717, 1.165) is 0 Å². The predicted molar refractivity (Wildman–Crippen MR) is 133 cm³/mol. The van der Waals surface area contributed by atoms with E-state index in [0.29, 0.717) is 49.3 Å². The highest BCUT2D eigenvalue weighted by atomic mass is 35.5. The Labute approximate surface area is 205 Å². The number of ketones is 2. The molecule has 1 aliphatic rings. The number of carbonyl (C=O) groups excluding carboxylic acids is 2. The second-order valence-corrected chi connectivity index (χ2v) is 9.48. The normalized spacial score (nSPS) is 15.2. The molecule has 0 radical (unpaired) electrons. The monoisotopic (exact) mass is 502 g/mol. The molecule has 1 aromatic heterocycles. The molecule has 2 aromatic carbocycles. The lowest BCUT2D eigenvalue weighted by Crippen LogP contribution is -2.24. The number of benzene rings is 2. The van der Waals surface area contributed by atoms with Gasteiger partial charge in [0.2, 0.25) is 5.78 Å². The van der Waals surface area contributed by atoms with Crippen molar-refractivity contribution >= 4 is 56.8 Å². The number of allylic oxidation sites excluding steroid dienone is 2. The lowest BCUT2D eigenvalue weighted by molar-refractivity contribution is -0.115. The molecule has 1 aliphatic heterocycles. The molecule has 4 rings (SSSR count). The van der Waals surface area contributed by atoms with Crippen LogP contribution >= 0.6 is 34.5 Å². The van der Waals surface area contributed by atoms with Gasteiger partial charge in [-0.15, -0.1) is 11.3 Å². The van der Waals surface area contributed by atoms with E-state index < -0.39 is 11.7 Å². The van der Waals surface area contributed by atoms with Crippen LogP contribution < -0.4 is 11.1 Å². The van der Waals surface area contributed by atoms with E-state index in [4.69, 9.17) is 28.9 Å². The first-order chi connectivity index (χ1) is 15.8. The molecule has 0 aliphatic carbocycles. The molecule has 33 heavy (non-hydrogen) atoms. The van der Waals surface area contributed by atoms with Gasteiger partial charge in [-0.3, -0.25) is 9.59 Å². The molecule has 1 unspecified atom stereocenters. The Kier molecular flexibility index (Phi) is 6.61. The lowest BCUT2D eigenvalue weighted by atomic mass is 9.78. The summed E-state index contributed by atoms with van der Waals surface area (Å²) >= 11 is 13.3. The van der Waals surface area contributed by atoms with Gasteiger partial charge in [-0.2, -0.15) is 0 Å². The van der Waals surface area contributed by atoms with Crippen LogP contribution in [-0.2, 0) is 4.79 Å². The van der Waals surface area contributed by atoms with Crippen molar-refractivity contribution in [3.63, 3.8) is 0 Å².